The number of aryl methyl sites for hydroxylation is 1. The van der Waals surface area contributed by atoms with E-state index in [4.69, 9.17) is 9.72 Å². The van der Waals surface area contributed by atoms with Gasteiger partial charge in [0.2, 0.25) is 11.8 Å². The van der Waals surface area contributed by atoms with Gasteiger partial charge in [-0.15, -0.1) is 12.4 Å². The summed E-state index contributed by atoms with van der Waals surface area (Å²) in [4.78, 5) is 13.8. The van der Waals surface area contributed by atoms with Gasteiger partial charge in [-0.05, 0) is 62.1 Å². The quantitative estimate of drug-likeness (QED) is 0.208. The first-order chi connectivity index (χ1) is 18.5. The molecule has 0 aliphatic carbocycles. The molecule has 0 radical (unpaired) electrons. The van der Waals surface area contributed by atoms with Gasteiger partial charge >= 0.3 is 0 Å². The lowest BCUT2D eigenvalue weighted by molar-refractivity contribution is 0.138. The van der Waals surface area contributed by atoms with E-state index in [0.717, 1.165) is 65.0 Å². The number of nitrogens with one attached hydrogen (secondary N) is 3. The molecule has 0 saturated carbocycles. The van der Waals surface area contributed by atoms with E-state index < -0.39 is 6.10 Å². The van der Waals surface area contributed by atoms with E-state index in [0.29, 0.717) is 24.4 Å². The number of anilines is 2. The second-order valence-electron chi connectivity index (χ2n) is 10.2. The Morgan fingerprint density at radius 3 is 2.72 bits per heavy atom. The molecule has 4 aromatic rings. The monoisotopic (exact) mass is 548 g/mol. The van der Waals surface area contributed by atoms with Crippen molar-refractivity contribution in [1.82, 2.24) is 20.3 Å². The number of pyridine rings is 1. The molecule has 9 heteroatoms. The summed E-state index contributed by atoms with van der Waals surface area (Å²) in [6.07, 6.45) is 5.30. The van der Waals surface area contributed by atoms with Crippen LogP contribution in [-0.2, 0) is 0 Å². The minimum Gasteiger partial charge on any atom is -0.437 e. The Bertz CT molecular complexity index is 1390. The van der Waals surface area contributed by atoms with Crippen molar-refractivity contribution in [3.63, 3.8) is 0 Å². The highest BCUT2D eigenvalue weighted by atomic mass is 35.5. The summed E-state index contributed by atoms with van der Waals surface area (Å²) in [6.45, 7) is 8.50. The molecule has 3 heterocycles. The zero-order chi connectivity index (χ0) is 26.5. The third kappa shape index (κ3) is 6.76. The molecule has 2 aromatic heterocycles. The lowest BCUT2D eigenvalue weighted by Gasteiger charge is -2.23. The average molecular weight is 549 g/mol. The van der Waals surface area contributed by atoms with E-state index in [1.165, 1.54) is 0 Å². The van der Waals surface area contributed by atoms with E-state index in [-0.39, 0.29) is 18.3 Å². The fraction of sp³-hybridized carbons (Fsp3) is 0.367. The van der Waals surface area contributed by atoms with Crippen LogP contribution in [0.2, 0.25) is 0 Å². The second kappa shape index (κ2) is 13.1. The molecule has 0 spiro atoms. The number of piperidine rings is 1. The molecule has 2 aromatic carbocycles. The fourth-order valence-electron chi connectivity index (χ4n) is 4.68. The first-order valence-electron chi connectivity index (χ1n) is 13.4. The number of fused-ring (bicyclic) bond motifs is 1. The predicted octanol–water partition coefficient (Wildman–Crippen LogP) is 5.81. The SMILES string of the molecule is Cc1ccc2c(NCC(O)C(C)C)cccc2c1Oc1ncccc1-c1ccnc(NC2CCCNC2)n1.Cl. The molecule has 1 aliphatic heterocycles. The smallest absolute Gasteiger partial charge is 0.228 e. The molecule has 206 valence electrons. The van der Waals surface area contributed by atoms with Crippen LogP contribution in [0.5, 0.6) is 11.6 Å². The normalized spacial score (nSPS) is 16.0. The van der Waals surface area contributed by atoms with Crippen molar-refractivity contribution in [1.29, 1.82) is 0 Å². The zero-order valence-electron chi connectivity index (χ0n) is 22.6. The number of aliphatic hydroxyl groups is 1. The third-order valence-corrected chi connectivity index (χ3v) is 7.01. The van der Waals surface area contributed by atoms with Gasteiger partial charge in [-0.2, -0.15) is 0 Å². The summed E-state index contributed by atoms with van der Waals surface area (Å²) in [6, 6.07) is 16.3. The van der Waals surface area contributed by atoms with Gasteiger partial charge in [-0.25, -0.2) is 15.0 Å². The number of rotatable bonds is 9. The third-order valence-electron chi connectivity index (χ3n) is 7.01. The van der Waals surface area contributed by atoms with Crippen LogP contribution in [0.4, 0.5) is 11.6 Å². The molecular formula is C30H37ClN6O2. The maximum atomic E-state index is 10.3. The van der Waals surface area contributed by atoms with Crippen molar-refractivity contribution in [3.8, 4) is 22.9 Å². The standard InChI is InChI=1S/C30H36N6O2.ClH/c1-19(2)27(37)18-34-25-10-4-8-23-22(25)12-11-20(3)28(23)38-29-24(9-6-15-32-29)26-13-16-33-30(36-26)35-21-7-5-14-31-17-21;/h4,6,8-13,15-16,19,21,27,31,34,37H,5,7,14,17-18H2,1-3H3,(H,33,35,36);1H. The summed E-state index contributed by atoms with van der Waals surface area (Å²) in [5.41, 5.74) is 3.50. The Morgan fingerprint density at radius 1 is 1.05 bits per heavy atom. The Labute approximate surface area is 236 Å². The first kappa shape index (κ1) is 28.5. The minimum absolute atomic E-state index is 0. The van der Waals surface area contributed by atoms with Crippen LogP contribution >= 0.6 is 12.4 Å². The van der Waals surface area contributed by atoms with E-state index in [1.807, 2.05) is 51.1 Å². The highest BCUT2D eigenvalue weighted by molar-refractivity contribution is 5.98. The summed E-state index contributed by atoms with van der Waals surface area (Å²) in [5.74, 6) is 2.02. The van der Waals surface area contributed by atoms with Crippen molar-refractivity contribution in [2.75, 3.05) is 30.3 Å². The average Bonchev–Trinajstić information content (AvgIpc) is 2.94. The van der Waals surface area contributed by atoms with Crippen molar-refractivity contribution in [2.45, 2.75) is 45.8 Å². The van der Waals surface area contributed by atoms with Gasteiger partial charge in [0.25, 0.3) is 0 Å². The van der Waals surface area contributed by atoms with Gasteiger partial charge in [0.05, 0.1) is 17.4 Å². The van der Waals surface area contributed by atoms with Crippen molar-refractivity contribution < 1.29 is 9.84 Å². The van der Waals surface area contributed by atoms with Crippen LogP contribution in [0.1, 0.15) is 32.3 Å². The Kier molecular flexibility index (Phi) is 9.56. The molecule has 8 nitrogen and oxygen atoms in total. The molecule has 0 bridgehead atoms. The highest BCUT2D eigenvalue weighted by Crippen LogP contribution is 2.38. The molecule has 5 rings (SSSR count). The summed E-state index contributed by atoms with van der Waals surface area (Å²) in [5, 5.41) is 22.6. The van der Waals surface area contributed by atoms with E-state index >= 15 is 0 Å². The molecule has 1 fully saturated rings. The van der Waals surface area contributed by atoms with Gasteiger partial charge < -0.3 is 25.8 Å². The summed E-state index contributed by atoms with van der Waals surface area (Å²) in [7, 11) is 0. The number of benzene rings is 2. The lowest BCUT2D eigenvalue weighted by Crippen LogP contribution is -2.38. The molecule has 0 amide bonds. The van der Waals surface area contributed by atoms with Crippen molar-refractivity contribution in [3.05, 3.63) is 66.5 Å². The molecular weight excluding hydrogens is 512 g/mol. The van der Waals surface area contributed by atoms with Gasteiger partial charge in [0, 0.05) is 48.0 Å². The van der Waals surface area contributed by atoms with E-state index in [9.17, 15) is 5.11 Å². The molecule has 2 unspecified atom stereocenters. The van der Waals surface area contributed by atoms with Crippen LogP contribution in [0.25, 0.3) is 22.0 Å². The molecule has 1 saturated heterocycles. The Morgan fingerprint density at radius 2 is 1.92 bits per heavy atom. The number of aliphatic hydroxyl groups excluding tert-OH is 1. The van der Waals surface area contributed by atoms with Gasteiger partial charge in [0.1, 0.15) is 5.75 Å². The number of aromatic nitrogens is 3. The zero-order valence-corrected chi connectivity index (χ0v) is 23.5. The minimum atomic E-state index is -0.427. The largest absolute Gasteiger partial charge is 0.437 e. The van der Waals surface area contributed by atoms with Crippen LogP contribution in [0.15, 0.2) is 60.9 Å². The molecule has 1 aliphatic rings. The summed E-state index contributed by atoms with van der Waals surface area (Å²) >= 11 is 0. The van der Waals surface area contributed by atoms with Crippen LogP contribution in [0, 0.1) is 12.8 Å². The number of ether oxygens (including phenoxy) is 1. The van der Waals surface area contributed by atoms with Crippen LogP contribution in [0.3, 0.4) is 0 Å². The number of halogens is 1. The van der Waals surface area contributed by atoms with Crippen LogP contribution < -0.4 is 20.7 Å². The molecule has 4 N–H and O–H groups in total. The first-order valence-corrected chi connectivity index (χ1v) is 13.4. The maximum absolute atomic E-state index is 10.3. The van der Waals surface area contributed by atoms with Crippen molar-refractivity contribution >= 4 is 34.8 Å². The number of hydrogen-bond acceptors (Lipinski definition) is 8. The Hall–Kier alpha value is -3.46. The predicted molar refractivity (Wildman–Crippen MR) is 160 cm³/mol. The van der Waals surface area contributed by atoms with Crippen molar-refractivity contribution in [2.24, 2.45) is 5.92 Å². The Balaban J connectivity index is 0.00000353. The van der Waals surface area contributed by atoms with E-state index in [2.05, 4.69) is 44.1 Å². The fourth-order valence-corrected chi connectivity index (χ4v) is 4.68. The maximum Gasteiger partial charge on any atom is 0.228 e. The van der Waals surface area contributed by atoms with Gasteiger partial charge in [0.15, 0.2) is 0 Å². The highest BCUT2D eigenvalue weighted by Gasteiger charge is 2.18. The number of hydrogen-bond donors (Lipinski definition) is 4. The van der Waals surface area contributed by atoms with Crippen LogP contribution in [-0.4, -0.2) is 51.8 Å². The van der Waals surface area contributed by atoms with Gasteiger partial charge in [-0.1, -0.05) is 38.1 Å². The topological polar surface area (TPSA) is 104 Å². The second-order valence-corrected chi connectivity index (χ2v) is 10.2. The van der Waals surface area contributed by atoms with Gasteiger partial charge in [-0.3, -0.25) is 0 Å². The molecule has 39 heavy (non-hydrogen) atoms. The summed E-state index contributed by atoms with van der Waals surface area (Å²) < 4.78 is 6.54. The lowest BCUT2D eigenvalue weighted by atomic mass is 10.0. The number of nitrogens with zero attached hydrogens (tertiary/aromatic N) is 3. The molecule has 2 atom stereocenters. The van der Waals surface area contributed by atoms with E-state index in [1.54, 1.807) is 12.4 Å².